The van der Waals surface area contributed by atoms with Crippen molar-refractivity contribution in [1.82, 2.24) is 14.9 Å². The Morgan fingerprint density at radius 1 is 1.02 bits per heavy atom. The van der Waals surface area contributed by atoms with Crippen LogP contribution in [0.1, 0.15) is 20.3 Å². The summed E-state index contributed by atoms with van der Waals surface area (Å²) in [6, 6.07) is 8.01. The van der Waals surface area contributed by atoms with Gasteiger partial charge in [0.25, 0.3) is 0 Å². The lowest BCUT2D eigenvalue weighted by Gasteiger charge is -2.26. The van der Waals surface area contributed by atoms with Crippen molar-refractivity contribution in [2.24, 2.45) is 0 Å². The van der Waals surface area contributed by atoms with E-state index in [-0.39, 0.29) is 31.5 Å². The molecule has 1 fully saturated rings. The van der Waals surface area contributed by atoms with Crippen LogP contribution in [-0.4, -0.2) is 91.6 Å². The van der Waals surface area contributed by atoms with Gasteiger partial charge in [0.05, 0.1) is 50.2 Å². The quantitative estimate of drug-likeness (QED) is 0.199. The Bertz CT molecular complexity index is 1240. The molecule has 1 saturated heterocycles. The van der Waals surface area contributed by atoms with Gasteiger partial charge in [0.2, 0.25) is 0 Å². The van der Waals surface area contributed by atoms with Gasteiger partial charge in [-0.1, -0.05) is 11.6 Å². The van der Waals surface area contributed by atoms with Crippen molar-refractivity contribution in [3.05, 3.63) is 47.5 Å². The van der Waals surface area contributed by atoms with Crippen molar-refractivity contribution in [2.45, 2.75) is 26.1 Å². The first-order valence-electron chi connectivity index (χ1n) is 13.3. The maximum Gasteiger partial charge on any atom is 0.163 e. The summed E-state index contributed by atoms with van der Waals surface area (Å²) in [6.45, 7) is 8.90. The number of halogens is 2. The highest BCUT2D eigenvalue weighted by molar-refractivity contribution is 6.31. The molecule has 2 aromatic carbocycles. The molecule has 10 nitrogen and oxygen atoms in total. The number of hydrogen-bond acceptors (Lipinski definition) is 10. The lowest BCUT2D eigenvalue weighted by atomic mass is 10.2. The zero-order chi connectivity index (χ0) is 28.4. The molecule has 0 amide bonds. The molecule has 0 radical (unpaired) electrons. The highest BCUT2D eigenvalue weighted by Crippen LogP contribution is 2.35. The number of ether oxygens (including phenoxy) is 5. The van der Waals surface area contributed by atoms with E-state index in [9.17, 15) is 4.39 Å². The van der Waals surface area contributed by atoms with Crippen molar-refractivity contribution in [3.63, 3.8) is 0 Å². The molecule has 1 aliphatic rings. The van der Waals surface area contributed by atoms with Gasteiger partial charge in [0.1, 0.15) is 24.6 Å². The maximum atomic E-state index is 13.7. The minimum absolute atomic E-state index is 0.00972. The van der Waals surface area contributed by atoms with E-state index in [1.807, 2.05) is 6.07 Å². The van der Waals surface area contributed by atoms with Crippen LogP contribution in [0.3, 0.4) is 0 Å². The summed E-state index contributed by atoms with van der Waals surface area (Å²) in [7, 11) is 0. The molecule has 0 unspecified atom stereocenters. The summed E-state index contributed by atoms with van der Waals surface area (Å²) in [4.78, 5) is 11.1. The van der Waals surface area contributed by atoms with Crippen molar-refractivity contribution in [3.8, 4) is 11.5 Å². The van der Waals surface area contributed by atoms with Crippen molar-refractivity contribution in [1.29, 1.82) is 0 Å². The average molecular weight is 579 g/mol. The van der Waals surface area contributed by atoms with Gasteiger partial charge in [0.15, 0.2) is 17.3 Å². The van der Waals surface area contributed by atoms with Gasteiger partial charge in [-0.2, -0.15) is 0 Å². The summed E-state index contributed by atoms with van der Waals surface area (Å²) in [6.07, 6.45) is 2.27. The highest BCUT2D eigenvalue weighted by Gasteiger charge is 2.19. The number of fused-ring (bicyclic) bond motifs is 1. The molecular weight excluding hydrogens is 543 g/mol. The van der Waals surface area contributed by atoms with Crippen LogP contribution in [0.2, 0.25) is 5.02 Å². The fraction of sp³-hybridized carbons (Fsp3) is 0.500. The van der Waals surface area contributed by atoms with E-state index in [0.29, 0.717) is 40.5 Å². The van der Waals surface area contributed by atoms with E-state index in [2.05, 4.69) is 20.2 Å². The number of morpholine rings is 1. The molecule has 3 aromatic rings. The lowest BCUT2D eigenvalue weighted by molar-refractivity contribution is -0.219. The monoisotopic (exact) mass is 578 g/mol. The van der Waals surface area contributed by atoms with E-state index >= 15 is 0 Å². The van der Waals surface area contributed by atoms with E-state index in [1.165, 1.54) is 18.5 Å². The smallest absolute Gasteiger partial charge is 0.163 e. The van der Waals surface area contributed by atoms with Gasteiger partial charge in [0, 0.05) is 36.8 Å². The normalized spacial score (nSPS) is 14.4. The van der Waals surface area contributed by atoms with E-state index < -0.39 is 11.6 Å². The molecule has 2 N–H and O–H groups in total. The van der Waals surface area contributed by atoms with Crippen molar-refractivity contribution >= 4 is 34.0 Å². The second kappa shape index (κ2) is 14.7. The second-order valence-electron chi connectivity index (χ2n) is 9.62. The summed E-state index contributed by atoms with van der Waals surface area (Å²) < 4.78 is 42.6. The minimum Gasteiger partial charge on any atom is -0.490 e. The Hall–Kier alpha value is -2.80. The number of aromatic nitrogens is 2. The van der Waals surface area contributed by atoms with Crippen LogP contribution >= 0.6 is 11.6 Å². The Morgan fingerprint density at radius 3 is 2.55 bits per heavy atom. The summed E-state index contributed by atoms with van der Waals surface area (Å²) in [5.41, 5.74) is 1.22. The molecule has 0 spiro atoms. The number of aliphatic hydroxyl groups excluding tert-OH is 1. The van der Waals surface area contributed by atoms with Gasteiger partial charge >= 0.3 is 0 Å². The topological polar surface area (TPSA) is 107 Å². The average Bonchev–Trinajstić information content (AvgIpc) is 2.95. The largest absolute Gasteiger partial charge is 0.490 e. The van der Waals surface area contributed by atoms with Gasteiger partial charge in [-0.25, -0.2) is 14.4 Å². The lowest BCUT2D eigenvalue weighted by Crippen LogP contribution is -2.37. The summed E-state index contributed by atoms with van der Waals surface area (Å²) >= 11 is 5.96. The third-order valence-corrected chi connectivity index (χ3v) is 6.48. The molecule has 1 aliphatic heterocycles. The third-order valence-electron chi connectivity index (χ3n) is 6.19. The Labute approximate surface area is 238 Å². The van der Waals surface area contributed by atoms with Gasteiger partial charge in [-0.15, -0.1) is 0 Å². The van der Waals surface area contributed by atoms with Crippen LogP contribution in [0.25, 0.3) is 10.9 Å². The van der Waals surface area contributed by atoms with Gasteiger partial charge in [-0.05, 0) is 44.5 Å². The van der Waals surface area contributed by atoms with E-state index in [4.69, 9.17) is 40.4 Å². The first kappa shape index (κ1) is 30.2. The molecule has 0 saturated carbocycles. The fourth-order valence-corrected chi connectivity index (χ4v) is 4.35. The Kier molecular flexibility index (Phi) is 11.1. The van der Waals surface area contributed by atoms with Gasteiger partial charge < -0.3 is 34.1 Å². The number of rotatable bonds is 15. The highest BCUT2D eigenvalue weighted by atomic mass is 35.5. The number of nitrogens with one attached hydrogen (secondary N) is 1. The van der Waals surface area contributed by atoms with Crippen molar-refractivity contribution < 1.29 is 33.2 Å². The van der Waals surface area contributed by atoms with Crippen molar-refractivity contribution in [2.75, 3.05) is 71.2 Å². The zero-order valence-corrected chi connectivity index (χ0v) is 23.6. The van der Waals surface area contributed by atoms with Gasteiger partial charge in [-0.3, -0.25) is 4.90 Å². The Balaban J connectivity index is 1.49. The predicted octanol–water partition coefficient (Wildman–Crippen LogP) is 4.41. The molecule has 2 heterocycles. The van der Waals surface area contributed by atoms with Crippen LogP contribution in [-0.2, 0) is 14.2 Å². The number of anilines is 2. The number of hydrogen-bond donors (Lipinski definition) is 2. The number of benzene rings is 2. The molecule has 0 bridgehead atoms. The molecule has 4 rings (SSSR count). The van der Waals surface area contributed by atoms with Crippen LogP contribution in [0.4, 0.5) is 15.9 Å². The maximum absolute atomic E-state index is 13.7. The molecule has 0 atom stereocenters. The second-order valence-corrected chi connectivity index (χ2v) is 10.0. The molecule has 218 valence electrons. The predicted molar refractivity (Wildman–Crippen MR) is 150 cm³/mol. The molecular formula is C28H36ClFN4O6. The summed E-state index contributed by atoms with van der Waals surface area (Å²) in [5, 5.41) is 12.9. The molecule has 40 heavy (non-hydrogen) atoms. The molecule has 12 heteroatoms. The third kappa shape index (κ3) is 8.85. The first-order valence-corrected chi connectivity index (χ1v) is 13.7. The minimum atomic E-state index is -0.856. The van der Waals surface area contributed by atoms with Crippen LogP contribution < -0.4 is 14.8 Å². The van der Waals surface area contributed by atoms with Crippen LogP contribution in [0.5, 0.6) is 11.5 Å². The number of nitrogens with zero attached hydrogens (tertiary/aromatic N) is 3. The summed E-state index contributed by atoms with van der Waals surface area (Å²) in [5.74, 6) is 0.224. The fourth-order valence-electron chi connectivity index (χ4n) is 4.17. The van der Waals surface area contributed by atoms with E-state index in [1.54, 1.807) is 26.0 Å². The SMILES string of the molecule is CC(C)(OCCO)OCCOc1cc2ncnc(Nc3ccc(F)c(Cl)c3)c2cc1OCCCN1CCOCC1. The van der Waals surface area contributed by atoms with Crippen LogP contribution in [0, 0.1) is 5.82 Å². The first-order chi connectivity index (χ1) is 19.3. The molecule has 1 aromatic heterocycles. The molecule has 0 aliphatic carbocycles. The number of aliphatic hydroxyl groups is 1. The Morgan fingerprint density at radius 2 is 1.77 bits per heavy atom. The van der Waals surface area contributed by atoms with Crippen LogP contribution in [0.15, 0.2) is 36.7 Å². The standard InChI is InChI=1S/C28H36ClFN4O6/c1-28(2,39-13-9-35)40-15-14-38-26-18-24-21(17-25(26)37-10-3-6-34-7-11-36-12-8-34)27(32-19-31-24)33-20-4-5-23(30)22(29)16-20/h4-5,16-19,35H,3,6-15H2,1-2H3,(H,31,32,33). The van der Waals surface area contributed by atoms with E-state index in [0.717, 1.165) is 39.3 Å². The zero-order valence-electron chi connectivity index (χ0n) is 22.8.